The van der Waals surface area contributed by atoms with Crippen LogP contribution in [0, 0.1) is 0 Å². The highest BCUT2D eigenvalue weighted by Crippen LogP contribution is 2.12. The van der Waals surface area contributed by atoms with E-state index in [4.69, 9.17) is 4.55 Å². The van der Waals surface area contributed by atoms with Crippen molar-refractivity contribution < 1.29 is 17.8 Å². The molecular formula is C11H14O4S. The first-order valence-corrected chi connectivity index (χ1v) is 6.39. The maximum Gasteiger partial charge on any atom is 0.294 e. The highest BCUT2D eigenvalue weighted by Gasteiger charge is 2.08. The first-order valence-electron chi connectivity index (χ1n) is 4.95. The van der Waals surface area contributed by atoms with Crippen LogP contribution in [0.5, 0.6) is 0 Å². The van der Waals surface area contributed by atoms with Crippen LogP contribution >= 0.6 is 0 Å². The number of benzene rings is 1. The molecule has 1 aromatic rings. The van der Waals surface area contributed by atoms with Crippen LogP contribution in [0.3, 0.4) is 0 Å². The van der Waals surface area contributed by atoms with Crippen molar-refractivity contribution in [1.29, 1.82) is 0 Å². The van der Waals surface area contributed by atoms with Crippen LogP contribution in [0.1, 0.15) is 25.3 Å². The van der Waals surface area contributed by atoms with Crippen molar-refractivity contribution in [2.24, 2.45) is 0 Å². The van der Waals surface area contributed by atoms with Crippen LogP contribution in [0.25, 0.3) is 0 Å². The zero-order valence-corrected chi connectivity index (χ0v) is 9.83. The van der Waals surface area contributed by atoms with E-state index in [-0.39, 0.29) is 10.7 Å². The Hall–Kier alpha value is -1.20. The number of carbonyl (C=O) groups excluding carboxylic acids is 1. The van der Waals surface area contributed by atoms with Gasteiger partial charge in [-0.3, -0.25) is 4.55 Å². The molecule has 4 nitrogen and oxygen atoms in total. The lowest BCUT2D eigenvalue weighted by molar-refractivity contribution is -0.117. The monoisotopic (exact) mass is 242 g/mol. The van der Waals surface area contributed by atoms with Gasteiger partial charge in [0.15, 0.2) is 0 Å². The van der Waals surface area contributed by atoms with E-state index in [9.17, 15) is 13.2 Å². The van der Waals surface area contributed by atoms with Gasteiger partial charge in [-0.25, -0.2) is 0 Å². The molecule has 0 aliphatic heterocycles. The van der Waals surface area contributed by atoms with Gasteiger partial charge >= 0.3 is 0 Å². The Morgan fingerprint density at radius 2 is 1.81 bits per heavy atom. The van der Waals surface area contributed by atoms with Crippen LogP contribution in [0.15, 0.2) is 29.2 Å². The van der Waals surface area contributed by atoms with Crippen molar-refractivity contribution in [3.05, 3.63) is 29.8 Å². The summed E-state index contributed by atoms with van der Waals surface area (Å²) >= 11 is 0. The fraction of sp³-hybridized carbons (Fsp3) is 0.364. The van der Waals surface area contributed by atoms with Crippen molar-refractivity contribution in [3.63, 3.8) is 0 Å². The van der Waals surface area contributed by atoms with Crippen LogP contribution in [0.4, 0.5) is 0 Å². The van der Waals surface area contributed by atoms with Gasteiger partial charge in [-0.1, -0.05) is 12.1 Å². The van der Waals surface area contributed by atoms with E-state index in [0.29, 0.717) is 6.42 Å². The average molecular weight is 242 g/mol. The largest absolute Gasteiger partial charge is 0.300 e. The Balaban J connectivity index is 2.62. The predicted molar refractivity (Wildman–Crippen MR) is 59.9 cm³/mol. The third kappa shape index (κ3) is 4.12. The fourth-order valence-electron chi connectivity index (χ4n) is 1.37. The second kappa shape index (κ2) is 5.23. The number of aryl methyl sites for hydroxylation is 1. The van der Waals surface area contributed by atoms with Gasteiger partial charge in [0.2, 0.25) is 0 Å². The lowest BCUT2D eigenvalue weighted by atomic mass is 10.1. The van der Waals surface area contributed by atoms with E-state index >= 15 is 0 Å². The predicted octanol–water partition coefficient (Wildman–Crippen LogP) is 1.85. The molecule has 0 atom stereocenters. The summed E-state index contributed by atoms with van der Waals surface area (Å²) in [7, 11) is -4.11. The van der Waals surface area contributed by atoms with E-state index in [1.54, 1.807) is 19.1 Å². The van der Waals surface area contributed by atoms with E-state index in [1.165, 1.54) is 12.1 Å². The number of hydrogen-bond acceptors (Lipinski definition) is 3. The molecule has 0 saturated heterocycles. The van der Waals surface area contributed by atoms with Crippen LogP contribution in [-0.2, 0) is 21.3 Å². The molecule has 1 rings (SSSR count). The number of carbonyl (C=O) groups is 1. The SMILES string of the molecule is CC(=O)CCCc1ccc(S(=O)(=O)O)cc1. The van der Waals surface area contributed by atoms with Crippen molar-refractivity contribution in [1.82, 2.24) is 0 Å². The van der Waals surface area contributed by atoms with Crippen LogP contribution in [-0.4, -0.2) is 18.8 Å². The minimum absolute atomic E-state index is 0.109. The van der Waals surface area contributed by atoms with Gasteiger partial charge in [0, 0.05) is 6.42 Å². The van der Waals surface area contributed by atoms with Gasteiger partial charge in [-0.2, -0.15) is 8.42 Å². The molecule has 0 aliphatic rings. The molecule has 0 bridgehead atoms. The van der Waals surface area contributed by atoms with Gasteiger partial charge in [0.05, 0.1) is 4.90 Å². The summed E-state index contributed by atoms with van der Waals surface area (Å²) in [5.41, 5.74) is 0.952. The lowest BCUT2D eigenvalue weighted by Gasteiger charge is -2.01. The zero-order chi connectivity index (χ0) is 12.2. The average Bonchev–Trinajstić information content (AvgIpc) is 2.16. The zero-order valence-electron chi connectivity index (χ0n) is 9.01. The number of hydrogen-bond donors (Lipinski definition) is 1. The molecule has 0 unspecified atom stereocenters. The van der Waals surface area contributed by atoms with Gasteiger partial charge in [0.1, 0.15) is 5.78 Å². The minimum atomic E-state index is -4.11. The molecule has 0 fully saturated rings. The fourth-order valence-corrected chi connectivity index (χ4v) is 1.85. The smallest absolute Gasteiger partial charge is 0.294 e. The molecule has 0 aromatic heterocycles. The molecule has 0 radical (unpaired) electrons. The maximum atomic E-state index is 10.8. The molecule has 1 aromatic carbocycles. The Bertz CT molecular complexity index is 459. The Labute approximate surface area is 95.0 Å². The molecule has 16 heavy (non-hydrogen) atoms. The summed E-state index contributed by atoms with van der Waals surface area (Å²) in [4.78, 5) is 10.6. The molecule has 0 heterocycles. The molecule has 88 valence electrons. The quantitative estimate of drug-likeness (QED) is 0.800. The number of ketones is 1. The highest BCUT2D eigenvalue weighted by molar-refractivity contribution is 7.85. The van der Waals surface area contributed by atoms with Gasteiger partial charge in [-0.05, 0) is 37.5 Å². The van der Waals surface area contributed by atoms with Crippen molar-refractivity contribution in [2.45, 2.75) is 31.1 Å². The van der Waals surface area contributed by atoms with E-state index in [2.05, 4.69) is 0 Å². The molecule has 5 heteroatoms. The van der Waals surface area contributed by atoms with E-state index < -0.39 is 10.1 Å². The lowest BCUT2D eigenvalue weighted by Crippen LogP contribution is -1.98. The second-order valence-electron chi connectivity index (χ2n) is 3.67. The Morgan fingerprint density at radius 3 is 2.25 bits per heavy atom. The molecule has 0 aliphatic carbocycles. The summed E-state index contributed by atoms with van der Waals surface area (Å²) in [6.07, 6.45) is 2.01. The topological polar surface area (TPSA) is 71.4 Å². The molecule has 0 saturated carbocycles. The third-order valence-corrected chi connectivity index (χ3v) is 3.08. The summed E-state index contributed by atoms with van der Waals surface area (Å²) in [5.74, 6) is 0.148. The van der Waals surface area contributed by atoms with Gasteiger partial charge < -0.3 is 4.79 Å². The van der Waals surface area contributed by atoms with Crippen molar-refractivity contribution in [3.8, 4) is 0 Å². The molecular weight excluding hydrogens is 228 g/mol. The Kier molecular flexibility index (Phi) is 4.20. The van der Waals surface area contributed by atoms with E-state index in [0.717, 1.165) is 18.4 Å². The van der Waals surface area contributed by atoms with Crippen LogP contribution in [0.2, 0.25) is 0 Å². The number of Topliss-reactive ketones (excluding diaryl/α,β-unsaturated/α-hetero) is 1. The highest BCUT2D eigenvalue weighted by atomic mass is 32.2. The standard InChI is InChI=1S/C11H14O4S/c1-9(12)3-2-4-10-5-7-11(8-6-10)16(13,14)15/h5-8H,2-4H2,1H3,(H,13,14,15). The maximum absolute atomic E-state index is 10.8. The van der Waals surface area contributed by atoms with Crippen LogP contribution < -0.4 is 0 Å². The van der Waals surface area contributed by atoms with Crippen molar-refractivity contribution >= 4 is 15.9 Å². The van der Waals surface area contributed by atoms with Crippen molar-refractivity contribution in [2.75, 3.05) is 0 Å². The summed E-state index contributed by atoms with van der Waals surface area (Å²) < 4.78 is 30.3. The Morgan fingerprint density at radius 1 is 1.25 bits per heavy atom. The summed E-state index contributed by atoms with van der Waals surface area (Å²) in [6.45, 7) is 1.54. The molecule has 0 amide bonds. The summed E-state index contributed by atoms with van der Waals surface area (Å²) in [5, 5.41) is 0. The van der Waals surface area contributed by atoms with Gasteiger partial charge in [0.25, 0.3) is 10.1 Å². The first kappa shape index (κ1) is 12.9. The molecule has 0 spiro atoms. The minimum Gasteiger partial charge on any atom is -0.300 e. The second-order valence-corrected chi connectivity index (χ2v) is 5.10. The van der Waals surface area contributed by atoms with E-state index in [1.807, 2.05) is 0 Å². The number of rotatable bonds is 5. The van der Waals surface area contributed by atoms with Gasteiger partial charge in [-0.15, -0.1) is 0 Å². The first-order chi connectivity index (χ1) is 7.39. The normalized spacial score (nSPS) is 11.4. The third-order valence-electron chi connectivity index (χ3n) is 2.22. The molecule has 1 N–H and O–H groups in total. The summed E-state index contributed by atoms with van der Waals surface area (Å²) in [6, 6.07) is 6.00.